The average Bonchev–Trinajstić information content (AvgIpc) is 2.82. The number of nitrogens with one attached hydrogen (secondary N) is 1. The predicted molar refractivity (Wildman–Crippen MR) is 83.2 cm³/mol. The normalized spacial score (nSPS) is 12.6. The molecule has 0 spiro atoms. The van der Waals surface area contributed by atoms with E-state index in [0.717, 1.165) is 24.9 Å². The van der Waals surface area contributed by atoms with Gasteiger partial charge in [0.25, 0.3) is 0 Å². The van der Waals surface area contributed by atoms with E-state index in [1.807, 2.05) is 12.1 Å². The van der Waals surface area contributed by atoms with E-state index in [0.29, 0.717) is 6.04 Å². The smallest absolute Gasteiger partial charge is 0.123 e. The molecule has 0 aliphatic heterocycles. The van der Waals surface area contributed by atoms with Crippen LogP contribution in [0.4, 0.5) is 4.39 Å². The number of halogens is 2. The van der Waals surface area contributed by atoms with Crippen molar-refractivity contribution in [3.63, 3.8) is 0 Å². The fourth-order valence-corrected chi connectivity index (χ4v) is 3.53. The van der Waals surface area contributed by atoms with Gasteiger partial charge in [-0.1, -0.05) is 19.1 Å². The molecule has 1 aromatic carbocycles. The topological polar surface area (TPSA) is 12.0 Å². The molecule has 1 atom stereocenters. The van der Waals surface area contributed by atoms with Crippen LogP contribution in [0.2, 0.25) is 0 Å². The summed E-state index contributed by atoms with van der Waals surface area (Å²) in [4.78, 5) is 1.37. The van der Waals surface area contributed by atoms with Gasteiger partial charge in [-0.3, -0.25) is 0 Å². The zero-order chi connectivity index (χ0) is 13.7. The molecule has 0 bridgehead atoms. The van der Waals surface area contributed by atoms with Crippen LogP contribution in [0, 0.1) is 5.82 Å². The quantitative estimate of drug-likeness (QED) is 0.785. The van der Waals surface area contributed by atoms with Gasteiger partial charge in [-0.25, -0.2) is 4.39 Å². The molecule has 0 fully saturated rings. The highest BCUT2D eigenvalue weighted by Gasteiger charge is 2.08. The van der Waals surface area contributed by atoms with E-state index in [1.54, 1.807) is 11.3 Å². The van der Waals surface area contributed by atoms with Crippen LogP contribution in [0.25, 0.3) is 0 Å². The van der Waals surface area contributed by atoms with E-state index in [-0.39, 0.29) is 5.82 Å². The zero-order valence-corrected chi connectivity index (χ0v) is 13.2. The van der Waals surface area contributed by atoms with Gasteiger partial charge >= 0.3 is 0 Å². The summed E-state index contributed by atoms with van der Waals surface area (Å²) in [6.07, 6.45) is 2.02. The summed E-state index contributed by atoms with van der Waals surface area (Å²) in [6.45, 7) is 3.07. The Balaban J connectivity index is 1.87. The third-order valence-corrected chi connectivity index (χ3v) is 4.76. The molecule has 0 aliphatic carbocycles. The van der Waals surface area contributed by atoms with Crippen LogP contribution in [0.5, 0.6) is 0 Å². The molecule has 0 radical (unpaired) electrons. The third-order valence-electron chi connectivity index (χ3n) is 3.07. The van der Waals surface area contributed by atoms with E-state index in [4.69, 9.17) is 0 Å². The van der Waals surface area contributed by atoms with Crippen molar-refractivity contribution in [1.82, 2.24) is 5.32 Å². The van der Waals surface area contributed by atoms with Gasteiger partial charge in [0.2, 0.25) is 0 Å². The van der Waals surface area contributed by atoms with Gasteiger partial charge in [0.05, 0.1) is 3.79 Å². The molecular formula is C15H17BrFNS. The van der Waals surface area contributed by atoms with Crippen LogP contribution in [0.1, 0.15) is 29.8 Å². The fraction of sp³-hybridized carbons (Fsp3) is 0.333. The van der Waals surface area contributed by atoms with Crippen molar-refractivity contribution in [1.29, 1.82) is 0 Å². The second-order valence-electron chi connectivity index (χ2n) is 4.42. The summed E-state index contributed by atoms with van der Waals surface area (Å²) >= 11 is 5.24. The first-order valence-corrected chi connectivity index (χ1v) is 8.03. The van der Waals surface area contributed by atoms with Gasteiger partial charge in [0.1, 0.15) is 5.82 Å². The molecule has 2 aromatic rings. The van der Waals surface area contributed by atoms with Gasteiger partial charge in [-0.2, -0.15) is 0 Å². The second kappa shape index (κ2) is 7.17. The number of hydrogen-bond acceptors (Lipinski definition) is 2. The van der Waals surface area contributed by atoms with Gasteiger partial charge in [-0.15, -0.1) is 11.3 Å². The van der Waals surface area contributed by atoms with Gasteiger partial charge in [0.15, 0.2) is 0 Å². The molecule has 19 heavy (non-hydrogen) atoms. The van der Waals surface area contributed by atoms with Crippen molar-refractivity contribution in [2.75, 3.05) is 6.54 Å². The first-order chi connectivity index (χ1) is 9.19. The highest BCUT2D eigenvalue weighted by Crippen LogP contribution is 2.22. The van der Waals surface area contributed by atoms with Crippen molar-refractivity contribution < 1.29 is 4.39 Å². The zero-order valence-electron chi connectivity index (χ0n) is 10.8. The van der Waals surface area contributed by atoms with Crippen LogP contribution in [-0.2, 0) is 6.42 Å². The number of benzene rings is 1. The first kappa shape index (κ1) is 14.7. The van der Waals surface area contributed by atoms with E-state index in [9.17, 15) is 4.39 Å². The van der Waals surface area contributed by atoms with Crippen molar-refractivity contribution in [3.8, 4) is 0 Å². The number of rotatable bonds is 6. The summed E-state index contributed by atoms with van der Waals surface area (Å²) in [5.41, 5.74) is 1.15. The molecule has 0 amide bonds. The van der Waals surface area contributed by atoms with Crippen LogP contribution < -0.4 is 5.32 Å². The predicted octanol–water partition coefficient (Wildman–Crippen LogP) is 4.93. The molecule has 1 N–H and O–H groups in total. The van der Waals surface area contributed by atoms with Crippen molar-refractivity contribution in [2.24, 2.45) is 0 Å². The number of thiophene rings is 1. The first-order valence-electron chi connectivity index (χ1n) is 6.42. The molecule has 2 rings (SSSR count). The minimum atomic E-state index is -0.179. The van der Waals surface area contributed by atoms with Crippen molar-refractivity contribution in [3.05, 3.63) is 56.4 Å². The van der Waals surface area contributed by atoms with Gasteiger partial charge < -0.3 is 5.32 Å². The van der Waals surface area contributed by atoms with E-state index in [1.165, 1.54) is 20.8 Å². The van der Waals surface area contributed by atoms with Gasteiger partial charge in [0, 0.05) is 17.5 Å². The molecular weight excluding hydrogens is 325 g/mol. The van der Waals surface area contributed by atoms with Crippen LogP contribution >= 0.6 is 27.3 Å². The fourth-order valence-electron chi connectivity index (χ4n) is 2.05. The molecule has 1 aromatic heterocycles. The lowest BCUT2D eigenvalue weighted by atomic mass is 10.0. The summed E-state index contributed by atoms with van der Waals surface area (Å²) in [5.74, 6) is -0.179. The largest absolute Gasteiger partial charge is 0.310 e. The summed E-state index contributed by atoms with van der Waals surface area (Å²) in [7, 11) is 0. The standard InChI is InChI=1S/C15H17BrFNS/c1-2-14(11-3-5-12(17)6-4-11)18-10-9-13-7-8-15(16)19-13/h3-8,14,18H,2,9-10H2,1H3. The maximum Gasteiger partial charge on any atom is 0.123 e. The Kier molecular flexibility index (Phi) is 5.55. The Morgan fingerprint density at radius 2 is 1.95 bits per heavy atom. The lowest BCUT2D eigenvalue weighted by molar-refractivity contribution is 0.522. The second-order valence-corrected chi connectivity index (χ2v) is 6.97. The summed E-state index contributed by atoms with van der Waals surface area (Å²) in [5, 5.41) is 3.53. The molecule has 1 nitrogen and oxygen atoms in total. The Morgan fingerprint density at radius 1 is 1.21 bits per heavy atom. The SMILES string of the molecule is CCC(NCCc1ccc(Br)s1)c1ccc(F)cc1. The third kappa shape index (κ3) is 4.41. The van der Waals surface area contributed by atoms with Crippen LogP contribution in [0.3, 0.4) is 0 Å². The van der Waals surface area contributed by atoms with E-state index < -0.39 is 0 Å². The van der Waals surface area contributed by atoms with E-state index in [2.05, 4.69) is 40.3 Å². The van der Waals surface area contributed by atoms with Crippen LogP contribution in [0.15, 0.2) is 40.2 Å². The average molecular weight is 342 g/mol. The Hall–Kier alpha value is -0.710. The monoisotopic (exact) mass is 341 g/mol. The van der Waals surface area contributed by atoms with Crippen molar-refractivity contribution >= 4 is 27.3 Å². The van der Waals surface area contributed by atoms with Crippen LogP contribution in [-0.4, -0.2) is 6.54 Å². The Bertz CT molecular complexity index is 509. The molecule has 0 aliphatic rings. The molecule has 1 unspecified atom stereocenters. The molecule has 0 saturated carbocycles. The Morgan fingerprint density at radius 3 is 2.53 bits per heavy atom. The summed E-state index contributed by atoms with van der Waals surface area (Å²) < 4.78 is 14.1. The number of hydrogen-bond donors (Lipinski definition) is 1. The molecule has 102 valence electrons. The lowest BCUT2D eigenvalue weighted by Crippen LogP contribution is -2.23. The molecule has 1 heterocycles. The summed E-state index contributed by atoms with van der Waals surface area (Å²) in [6, 6.07) is 11.3. The maximum absolute atomic E-state index is 12.9. The van der Waals surface area contributed by atoms with Crippen molar-refractivity contribution in [2.45, 2.75) is 25.8 Å². The lowest BCUT2D eigenvalue weighted by Gasteiger charge is -2.17. The Labute approximate surface area is 126 Å². The van der Waals surface area contributed by atoms with Gasteiger partial charge in [-0.05, 0) is 58.6 Å². The minimum absolute atomic E-state index is 0.179. The molecule has 0 saturated heterocycles. The maximum atomic E-state index is 12.9. The highest BCUT2D eigenvalue weighted by atomic mass is 79.9. The molecule has 4 heteroatoms. The van der Waals surface area contributed by atoms with E-state index >= 15 is 0 Å². The highest BCUT2D eigenvalue weighted by molar-refractivity contribution is 9.11. The minimum Gasteiger partial charge on any atom is -0.310 e.